The summed E-state index contributed by atoms with van der Waals surface area (Å²) in [6, 6.07) is 3.46. The van der Waals surface area contributed by atoms with E-state index in [4.69, 9.17) is 5.11 Å². The molecular formula is C17H20N2O6S. The van der Waals surface area contributed by atoms with Crippen LogP contribution in [-0.2, 0) is 14.8 Å². The van der Waals surface area contributed by atoms with Crippen LogP contribution in [0.3, 0.4) is 0 Å². The minimum absolute atomic E-state index is 0.0531. The van der Waals surface area contributed by atoms with Crippen molar-refractivity contribution in [3.63, 3.8) is 0 Å². The van der Waals surface area contributed by atoms with Gasteiger partial charge < -0.3 is 10.0 Å². The van der Waals surface area contributed by atoms with Gasteiger partial charge in [-0.05, 0) is 44.9 Å². The minimum Gasteiger partial charge on any atom is -0.481 e. The molecule has 8 nitrogen and oxygen atoms in total. The molecule has 2 heterocycles. The van der Waals surface area contributed by atoms with E-state index in [1.807, 2.05) is 0 Å². The van der Waals surface area contributed by atoms with Gasteiger partial charge in [0.2, 0.25) is 0 Å². The van der Waals surface area contributed by atoms with E-state index in [2.05, 4.69) is 0 Å². The van der Waals surface area contributed by atoms with Crippen LogP contribution in [0.25, 0.3) is 0 Å². The Morgan fingerprint density at radius 2 is 1.96 bits per heavy atom. The molecule has 1 aromatic carbocycles. The van der Waals surface area contributed by atoms with Crippen molar-refractivity contribution in [2.45, 2.75) is 37.6 Å². The van der Waals surface area contributed by atoms with Crippen molar-refractivity contribution in [1.82, 2.24) is 9.21 Å². The number of carboxylic acids is 1. The van der Waals surface area contributed by atoms with Crippen molar-refractivity contribution in [3.05, 3.63) is 29.3 Å². The normalized spacial score (nSPS) is 21.8. The maximum Gasteiger partial charge on any atom is 0.308 e. The number of rotatable bonds is 3. The fourth-order valence-corrected chi connectivity index (χ4v) is 5.23. The average molecular weight is 380 g/mol. The SMILES string of the molecule is CC(C)N1C(=O)c2ccc(C(=O)N3CCC[C@H](C(=O)O)C3)cc2S1(=O)=O. The second-order valence-electron chi connectivity index (χ2n) is 6.84. The summed E-state index contributed by atoms with van der Waals surface area (Å²) in [5, 5.41) is 9.15. The number of sulfonamides is 1. The lowest BCUT2D eigenvalue weighted by molar-refractivity contribution is -0.143. The molecule has 1 fully saturated rings. The fourth-order valence-electron chi connectivity index (χ4n) is 3.44. The largest absolute Gasteiger partial charge is 0.481 e. The number of hydrogen-bond acceptors (Lipinski definition) is 5. The maximum atomic E-state index is 12.7. The van der Waals surface area contributed by atoms with Crippen LogP contribution in [-0.4, -0.2) is 59.6 Å². The zero-order valence-corrected chi connectivity index (χ0v) is 15.3. The van der Waals surface area contributed by atoms with E-state index in [-0.39, 0.29) is 22.6 Å². The van der Waals surface area contributed by atoms with E-state index < -0.39 is 39.8 Å². The van der Waals surface area contributed by atoms with Crippen molar-refractivity contribution >= 4 is 27.8 Å². The van der Waals surface area contributed by atoms with Gasteiger partial charge in [0, 0.05) is 24.7 Å². The molecule has 9 heteroatoms. The Morgan fingerprint density at radius 3 is 2.58 bits per heavy atom. The molecule has 2 amide bonds. The minimum atomic E-state index is -3.99. The number of fused-ring (bicyclic) bond motifs is 1. The van der Waals surface area contributed by atoms with E-state index in [0.717, 1.165) is 4.31 Å². The summed E-state index contributed by atoms with van der Waals surface area (Å²) in [5.74, 6) is -2.59. The predicted octanol–water partition coefficient (Wildman–Crippen LogP) is 1.18. The van der Waals surface area contributed by atoms with E-state index in [1.165, 1.54) is 23.1 Å². The molecule has 1 aromatic rings. The molecule has 1 saturated heterocycles. The highest BCUT2D eigenvalue weighted by atomic mass is 32.2. The van der Waals surface area contributed by atoms with Gasteiger partial charge in [0.1, 0.15) is 4.90 Å². The Bertz CT molecular complexity index is 893. The number of amides is 2. The summed E-state index contributed by atoms with van der Waals surface area (Å²) in [6.07, 6.45) is 1.08. The number of hydrogen-bond donors (Lipinski definition) is 1. The lowest BCUT2D eigenvalue weighted by Crippen LogP contribution is -2.42. The molecule has 0 bridgehead atoms. The first kappa shape index (κ1) is 18.4. The first-order valence-electron chi connectivity index (χ1n) is 8.39. The van der Waals surface area contributed by atoms with Gasteiger partial charge in [-0.2, -0.15) is 0 Å². The number of piperidine rings is 1. The Morgan fingerprint density at radius 1 is 1.27 bits per heavy atom. The standard InChI is InChI=1S/C17H20N2O6S/c1-10(2)19-16(21)13-6-5-11(8-14(13)26(19,24)25)15(20)18-7-3-4-12(9-18)17(22)23/h5-6,8,10,12H,3-4,7,9H2,1-2H3,(H,22,23)/t12-/m0/s1. The molecule has 0 radical (unpaired) electrons. The number of aliphatic carboxylic acids is 1. The molecule has 0 aliphatic carbocycles. The molecule has 3 rings (SSSR count). The molecular weight excluding hydrogens is 360 g/mol. The monoisotopic (exact) mass is 380 g/mol. The highest BCUT2D eigenvalue weighted by Crippen LogP contribution is 2.33. The molecule has 2 aliphatic rings. The van der Waals surface area contributed by atoms with Crippen molar-refractivity contribution in [2.24, 2.45) is 5.92 Å². The van der Waals surface area contributed by atoms with E-state index in [9.17, 15) is 22.8 Å². The van der Waals surface area contributed by atoms with Gasteiger partial charge >= 0.3 is 5.97 Å². The first-order valence-corrected chi connectivity index (χ1v) is 9.83. The van der Waals surface area contributed by atoms with Gasteiger partial charge in [0.15, 0.2) is 0 Å². The van der Waals surface area contributed by atoms with Crippen molar-refractivity contribution in [3.8, 4) is 0 Å². The van der Waals surface area contributed by atoms with Crippen molar-refractivity contribution in [2.75, 3.05) is 13.1 Å². The van der Waals surface area contributed by atoms with Crippen molar-refractivity contribution < 1.29 is 27.9 Å². The van der Waals surface area contributed by atoms with Gasteiger partial charge in [0.05, 0.1) is 11.5 Å². The summed E-state index contributed by atoms with van der Waals surface area (Å²) in [6.45, 7) is 3.72. The predicted molar refractivity (Wildman–Crippen MR) is 91.2 cm³/mol. The molecule has 1 atom stereocenters. The molecule has 0 spiro atoms. The fraction of sp³-hybridized carbons (Fsp3) is 0.471. The Kier molecular flexibility index (Phi) is 4.51. The smallest absolute Gasteiger partial charge is 0.308 e. The summed E-state index contributed by atoms with van der Waals surface area (Å²) in [5.41, 5.74) is 0.189. The number of benzene rings is 1. The second-order valence-corrected chi connectivity index (χ2v) is 8.62. The molecule has 140 valence electrons. The van der Waals surface area contributed by atoms with Crippen LogP contribution in [0.5, 0.6) is 0 Å². The van der Waals surface area contributed by atoms with E-state index in [0.29, 0.717) is 19.4 Å². The lowest BCUT2D eigenvalue weighted by atomic mass is 9.97. The van der Waals surface area contributed by atoms with Crippen LogP contribution in [0.2, 0.25) is 0 Å². The quantitative estimate of drug-likeness (QED) is 0.843. The Labute approximate surface area is 151 Å². The second kappa shape index (κ2) is 6.39. The van der Waals surface area contributed by atoms with Crippen molar-refractivity contribution in [1.29, 1.82) is 0 Å². The van der Waals surface area contributed by atoms with Crippen LogP contribution >= 0.6 is 0 Å². The molecule has 1 N–H and O–H groups in total. The van der Waals surface area contributed by atoms with Crippen LogP contribution in [0, 0.1) is 5.92 Å². The molecule has 0 aromatic heterocycles. The van der Waals surface area contributed by atoms with Crippen LogP contribution in [0.1, 0.15) is 47.4 Å². The third kappa shape index (κ3) is 2.86. The zero-order valence-electron chi connectivity index (χ0n) is 14.5. The summed E-state index contributed by atoms with van der Waals surface area (Å²) in [7, 11) is -3.99. The Hall–Kier alpha value is -2.42. The number of likely N-dealkylation sites (tertiary alicyclic amines) is 1. The first-order chi connectivity index (χ1) is 12.1. The van der Waals surface area contributed by atoms with Gasteiger partial charge in [0.25, 0.3) is 21.8 Å². The van der Waals surface area contributed by atoms with Crippen LogP contribution in [0.15, 0.2) is 23.1 Å². The van der Waals surface area contributed by atoms with Gasteiger partial charge in [-0.25, -0.2) is 12.7 Å². The Balaban J connectivity index is 1.93. The van der Waals surface area contributed by atoms with Crippen LogP contribution in [0.4, 0.5) is 0 Å². The summed E-state index contributed by atoms with van der Waals surface area (Å²) >= 11 is 0. The average Bonchev–Trinajstić information content (AvgIpc) is 2.80. The molecule has 26 heavy (non-hydrogen) atoms. The lowest BCUT2D eigenvalue weighted by Gasteiger charge is -2.30. The number of carboxylic acid groups (broad SMARTS) is 1. The third-order valence-electron chi connectivity index (χ3n) is 4.72. The summed E-state index contributed by atoms with van der Waals surface area (Å²) in [4.78, 5) is 37.5. The van der Waals surface area contributed by atoms with Gasteiger partial charge in [-0.15, -0.1) is 0 Å². The highest BCUT2D eigenvalue weighted by Gasteiger charge is 2.43. The topological polar surface area (TPSA) is 112 Å². The maximum absolute atomic E-state index is 12.7. The van der Waals surface area contributed by atoms with E-state index in [1.54, 1.807) is 13.8 Å². The summed E-state index contributed by atoms with van der Waals surface area (Å²) < 4.78 is 26.1. The molecule has 2 aliphatic heterocycles. The number of nitrogens with zero attached hydrogens (tertiary/aromatic N) is 2. The highest BCUT2D eigenvalue weighted by molar-refractivity contribution is 7.90. The number of carbonyl (C=O) groups is 3. The third-order valence-corrected chi connectivity index (χ3v) is 6.72. The van der Waals surface area contributed by atoms with Gasteiger partial charge in [-0.1, -0.05) is 0 Å². The number of carbonyl (C=O) groups excluding carboxylic acids is 2. The van der Waals surface area contributed by atoms with Crippen LogP contribution < -0.4 is 0 Å². The molecule has 0 saturated carbocycles. The van der Waals surface area contributed by atoms with E-state index >= 15 is 0 Å². The zero-order chi connectivity index (χ0) is 19.2. The van der Waals surface area contributed by atoms with Gasteiger partial charge in [-0.3, -0.25) is 14.4 Å². The molecule has 0 unspecified atom stereocenters.